The summed E-state index contributed by atoms with van der Waals surface area (Å²) < 4.78 is 10.6. The van der Waals surface area contributed by atoms with Crippen LogP contribution in [0.1, 0.15) is 62.3 Å². The summed E-state index contributed by atoms with van der Waals surface area (Å²) in [4.78, 5) is 46.3. The molecule has 2 fully saturated rings. The summed E-state index contributed by atoms with van der Waals surface area (Å²) in [7, 11) is 1.59. The van der Waals surface area contributed by atoms with Gasteiger partial charge in [0.25, 0.3) is 11.7 Å². The Morgan fingerprint density at radius 1 is 1.14 bits per heavy atom. The molecule has 3 heterocycles. The number of aliphatic hydroxyl groups excluding tert-OH is 1. The van der Waals surface area contributed by atoms with Gasteiger partial charge in [0.1, 0.15) is 11.5 Å². The molecule has 1 unspecified atom stereocenters. The van der Waals surface area contributed by atoms with Crippen molar-refractivity contribution < 1.29 is 29.0 Å². The highest BCUT2D eigenvalue weighted by molar-refractivity contribution is 6.46. The Balaban J connectivity index is 1.75. The molecule has 0 bridgehead atoms. The predicted octanol–water partition coefficient (Wildman–Crippen LogP) is 4.26. The SMILES string of the molecule is CCOC(=O)N1CCC(N2C(=O)C(=O)/C(=C(/O)c3ccc(OC)c(C(C)C)c3)C2c2ccncc2)CC1. The fourth-order valence-electron chi connectivity index (χ4n) is 5.13. The van der Waals surface area contributed by atoms with Crippen molar-refractivity contribution in [1.29, 1.82) is 0 Å². The molecule has 2 aliphatic rings. The van der Waals surface area contributed by atoms with Crippen LogP contribution in [-0.4, -0.2) is 70.5 Å². The summed E-state index contributed by atoms with van der Waals surface area (Å²) >= 11 is 0. The highest BCUT2D eigenvalue weighted by Gasteiger charge is 2.49. The number of Topliss-reactive ketones (excluding diaryl/α,β-unsaturated/α-hetero) is 1. The molecule has 2 aromatic rings. The van der Waals surface area contributed by atoms with Crippen LogP contribution in [0.15, 0.2) is 48.3 Å². The Hall–Kier alpha value is -3.88. The third-order valence-electron chi connectivity index (χ3n) is 7.01. The molecule has 2 saturated heterocycles. The van der Waals surface area contributed by atoms with Gasteiger partial charge >= 0.3 is 6.09 Å². The number of likely N-dealkylation sites (tertiary alicyclic amines) is 2. The number of amides is 2. The van der Waals surface area contributed by atoms with Gasteiger partial charge in [-0.25, -0.2) is 4.79 Å². The number of hydrogen-bond donors (Lipinski definition) is 1. The van der Waals surface area contributed by atoms with E-state index >= 15 is 0 Å². The highest BCUT2D eigenvalue weighted by atomic mass is 16.6. The fourth-order valence-corrected chi connectivity index (χ4v) is 5.13. The number of carbonyl (C=O) groups excluding carboxylic acids is 3. The summed E-state index contributed by atoms with van der Waals surface area (Å²) in [6.45, 7) is 6.89. The maximum absolute atomic E-state index is 13.4. The van der Waals surface area contributed by atoms with Crippen molar-refractivity contribution >= 4 is 23.5 Å². The minimum atomic E-state index is -0.772. The molecule has 0 saturated carbocycles. The molecule has 9 heteroatoms. The number of aromatic nitrogens is 1. The van der Waals surface area contributed by atoms with Crippen LogP contribution in [0.2, 0.25) is 0 Å². The Bertz CT molecular complexity index is 1200. The van der Waals surface area contributed by atoms with E-state index in [1.165, 1.54) is 0 Å². The molecule has 9 nitrogen and oxygen atoms in total. The highest BCUT2D eigenvalue weighted by Crippen LogP contribution is 2.42. The molecule has 196 valence electrons. The van der Waals surface area contributed by atoms with Crippen LogP contribution < -0.4 is 4.74 Å². The van der Waals surface area contributed by atoms with E-state index in [0.29, 0.717) is 49.4 Å². The van der Waals surface area contributed by atoms with Crippen LogP contribution in [0.25, 0.3) is 5.76 Å². The summed E-state index contributed by atoms with van der Waals surface area (Å²) in [5, 5.41) is 11.5. The fraction of sp³-hybridized carbons (Fsp3) is 0.429. The third-order valence-corrected chi connectivity index (χ3v) is 7.01. The predicted molar refractivity (Wildman–Crippen MR) is 137 cm³/mol. The van der Waals surface area contributed by atoms with Gasteiger partial charge in [-0.1, -0.05) is 13.8 Å². The number of hydrogen-bond acceptors (Lipinski definition) is 7. The van der Waals surface area contributed by atoms with E-state index in [0.717, 1.165) is 5.56 Å². The molecule has 0 aliphatic carbocycles. The zero-order valence-corrected chi connectivity index (χ0v) is 21.6. The van der Waals surface area contributed by atoms with Crippen molar-refractivity contribution in [3.05, 3.63) is 65.0 Å². The van der Waals surface area contributed by atoms with Crippen molar-refractivity contribution in [1.82, 2.24) is 14.8 Å². The largest absolute Gasteiger partial charge is 0.507 e. The number of aliphatic hydroxyl groups is 1. The van der Waals surface area contributed by atoms with Gasteiger partial charge in [0.15, 0.2) is 0 Å². The third kappa shape index (κ3) is 5.03. The average Bonchev–Trinajstić information content (AvgIpc) is 3.18. The van der Waals surface area contributed by atoms with Crippen LogP contribution in [0, 0.1) is 0 Å². The molecule has 4 rings (SSSR count). The number of piperidine rings is 1. The van der Waals surface area contributed by atoms with Gasteiger partial charge < -0.3 is 24.4 Å². The topological polar surface area (TPSA) is 109 Å². The Morgan fingerprint density at radius 2 is 1.81 bits per heavy atom. The van der Waals surface area contributed by atoms with E-state index in [1.807, 2.05) is 13.8 Å². The second-order valence-corrected chi connectivity index (χ2v) is 9.52. The van der Waals surface area contributed by atoms with Crippen LogP contribution in [0.3, 0.4) is 0 Å². The first-order valence-electron chi connectivity index (χ1n) is 12.6. The molecular formula is C28H33N3O6. The second kappa shape index (κ2) is 11.0. The van der Waals surface area contributed by atoms with Gasteiger partial charge in [-0.15, -0.1) is 0 Å². The first-order chi connectivity index (χ1) is 17.8. The van der Waals surface area contributed by atoms with Crippen LogP contribution in [-0.2, 0) is 14.3 Å². The number of benzene rings is 1. The van der Waals surface area contributed by atoms with Crippen LogP contribution >= 0.6 is 0 Å². The van der Waals surface area contributed by atoms with Crippen molar-refractivity contribution in [3.8, 4) is 5.75 Å². The first kappa shape index (κ1) is 26.2. The van der Waals surface area contributed by atoms with E-state index < -0.39 is 17.7 Å². The number of rotatable bonds is 6. The Morgan fingerprint density at radius 3 is 2.41 bits per heavy atom. The number of methoxy groups -OCH3 is 1. The molecule has 2 aliphatic heterocycles. The van der Waals surface area contributed by atoms with E-state index in [1.54, 1.807) is 66.6 Å². The number of ketones is 1. The van der Waals surface area contributed by atoms with Crippen molar-refractivity contribution in [2.45, 2.75) is 51.6 Å². The second-order valence-electron chi connectivity index (χ2n) is 9.52. The zero-order chi connectivity index (χ0) is 26.7. The number of carbonyl (C=O) groups is 3. The number of ether oxygens (including phenoxy) is 2. The van der Waals surface area contributed by atoms with Gasteiger partial charge in [0, 0.05) is 37.1 Å². The molecule has 1 aromatic heterocycles. The Kier molecular flexibility index (Phi) is 7.80. The first-order valence-corrected chi connectivity index (χ1v) is 12.6. The summed E-state index contributed by atoms with van der Waals surface area (Å²) in [5.74, 6) is -0.808. The monoisotopic (exact) mass is 507 g/mol. The van der Waals surface area contributed by atoms with E-state index in [4.69, 9.17) is 9.47 Å². The van der Waals surface area contributed by atoms with Gasteiger partial charge in [-0.05, 0) is 67.1 Å². The lowest BCUT2D eigenvalue weighted by molar-refractivity contribution is -0.142. The lowest BCUT2D eigenvalue weighted by Crippen LogP contribution is -2.48. The maximum Gasteiger partial charge on any atom is 0.409 e. The summed E-state index contributed by atoms with van der Waals surface area (Å²) in [6, 6.07) is 7.69. The standard InChI is InChI=1S/C28H33N3O6/c1-5-37-28(35)30-14-10-20(11-15-30)31-24(18-8-12-29-13-9-18)23(26(33)27(31)34)25(32)19-6-7-22(36-4)21(16-19)17(2)3/h6-9,12-13,16-17,20,24,32H,5,10-11,14-15H2,1-4H3/b25-23+. The average molecular weight is 508 g/mol. The smallest absolute Gasteiger partial charge is 0.409 e. The zero-order valence-electron chi connectivity index (χ0n) is 21.6. The number of nitrogens with zero attached hydrogens (tertiary/aromatic N) is 3. The normalized spacial score (nSPS) is 20.0. The molecule has 2 amide bonds. The van der Waals surface area contributed by atoms with Crippen molar-refractivity contribution in [3.63, 3.8) is 0 Å². The van der Waals surface area contributed by atoms with Gasteiger partial charge in [0.2, 0.25) is 0 Å². The molecule has 1 N–H and O–H groups in total. The van der Waals surface area contributed by atoms with Gasteiger partial charge in [-0.2, -0.15) is 0 Å². The quantitative estimate of drug-likeness (QED) is 0.354. The summed E-state index contributed by atoms with van der Waals surface area (Å²) in [5.41, 5.74) is 2.05. The lowest BCUT2D eigenvalue weighted by Gasteiger charge is -2.38. The van der Waals surface area contributed by atoms with E-state index in [-0.39, 0.29) is 29.4 Å². The maximum atomic E-state index is 13.4. The summed E-state index contributed by atoms with van der Waals surface area (Å²) in [6.07, 6.45) is 3.81. The van der Waals surface area contributed by atoms with E-state index in [2.05, 4.69) is 4.98 Å². The minimum absolute atomic E-state index is 0.0453. The molecule has 0 spiro atoms. The molecule has 0 radical (unpaired) electrons. The van der Waals surface area contributed by atoms with Crippen molar-refractivity contribution in [2.24, 2.45) is 0 Å². The minimum Gasteiger partial charge on any atom is -0.507 e. The van der Waals surface area contributed by atoms with Crippen molar-refractivity contribution in [2.75, 3.05) is 26.8 Å². The van der Waals surface area contributed by atoms with Gasteiger partial charge in [0.05, 0.1) is 25.3 Å². The molecule has 1 aromatic carbocycles. The van der Waals surface area contributed by atoms with Gasteiger partial charge in [-0.3, -0.25) is 14.6 Å². The van der Waals surface area contributed by atoms with Crippen LogP contribution in [0.5, 0.6) is 5.75 Å². The molecular weight excluding hydrogens is 474 g/mol. The Labute approximate surface area is 216 Å². The lowest BCUT2D eigenvalue weighted by atomic mass is 9.92. The van der Waals surface area contributed by atoms with E-state index in [9.17, 15) is 19.5 Å². The number of pyridine rings is 1. The molecule has 37 heavy (non-hydrogen) atoms. The van der Waals surface area contributed by atoms with Crippen LogP contribution in [0.4, 0.5) is 4.79 Å². The molecule has 1 atom stereocenters.